The molecule has 0 amide bonds. The number of rotatable bonds is 5. The maximum atomic E-state index is 13.0. The maximum Gasteiger partial charge on any atom is 0.243 e. The van der Waals surface area contributed by atoms with Gasteiger partial charge < -0.3 is 9.64 Å². The third kappa shape index (κ3) is 3.50. The number of piperazine rings is 1. The second kappa shape index (κ2) is 7.84. The van der Waals surface area contributed by atoms with Gasteiger partial charge in [0.2, 0.25) is 10.0 Å². The Hall–Kier alpha value is -2.72. The summed E-state index contributed by atoms with van der Waals surface area (Å²) in [6, 6.07) is 6.50. The standard InChI is InChI=1S/C20H26N6O3S/c1-5-17-21-18-14(2)23-24(3)19(18)20(22-17)25-10-12-26(13-11-25)30(27,28)16-8-6-15(29-4)7-9-16/h6-9H,5,10-13H2,1-4H3. The van der Waals surface area contributed by atoms with Gasteiger partial charge in [0.25, 0.3) is 0 Å². The third-order valence-electron chi connectivity index (χ3n) is 5.43. The Morgan fingerprint density at radius 3 is 2.33 bits per heavy atom. The highest BCUT2D eigenvalue weighted by atomic mass is 32.2. The topological polar surface area (TPSA) is 93.5 Å². The number of hydrogen-bond acceptors (Lipinski definition) is 7. The fraction of sp³-hybridized carbons (Fsp3) is 0.450. The van der Waals surface area contributed by atoms with Crippen LogP contribution in [0.4, 0.5) is 5.82 Å². The molecule has 0 atom stereocenters. The van der Waals surface area contributed by atoms with Crippen LogP contribution in [0.15, 0.2) is 29.2 Å². The van der Waals surface area contributed by atoms with E-state index in [4.69, 9.17) is 9.72 Å². The van der Waals surface area contributed by atoms with Gasteiger partial charge in [-0.05, 0) is 31.2 Å². The van der Waals surface area contributed by atoms with Crippen molar-refractivity contribution in [3.63, 3.8) is 0 Å². The summed E-state index contributed by atoms with van der Waals surface area (Å²) in [5.41, 5.74) is 2.61. The van der Waals surface area contributed by atoms with E-state index >= 15 is 0 Å². The monoisotopic (exact) mass is 430 g/mol. The zero-order valence-electron chi connectivity index (χ0n) is 17.7. The highest BCUT2D eigenvalue weighted by Crippen LogP contribution is 2.28. The number of sulfonamides is 1. The molecule has 1 aliphatic rings. The normalized spacial score (nSPS) is 15.7. The molecular weight excluding hydrogens is 404 g/mol. The first kappa shape index (κ1) is 20.5. The molecule has 0 N–H and O–H groups in total. The van der Waals surface area contributed by atoms with Crippen LogP contribution in [0.5, 0.6) is 5.75 Å². The SMILES string of the molecule is CCc1nc(N2CCN(S(=O)(=O)c3ccc(OC)cc3)CC2)c2c(n1)c(C)nn2C. The number of aryl methyl sites for hydroxylation is 3. The molecule has 0 saturated carbocycles. The number of ether oxygens (including phenoxy) is 1. The molecule has 3 aromatic rings. The molecule has 0 bridgehead atoms. The van der Waals surface area contributed by atoms with Gasteiger partial charge in [0.05, 0.1) is 17.7 Å². The maximum absolute atomic E-state index is 13.0. The van der Waals surface area contributed by atoms with Crippen LogP contribution in [0.1, 0.15) is 18.4 Å². The van der Waals surface area contributed by atoms with Crippen LogP contribution in [0.3, 0.4) is 0 Å². The molecule has 1 aromatic carbocycles. The van der Waals surface area contributed by atoms with E-state index in [1.165, 1.54) is 4.31 Å². The van der Waals surface area contributed by atoms with Crippen molar-refractivity contribution in [2.75, 3.05) is 38.2 Å². The van der Waals surface area contributed by atoms with Gasteiger partial charge in [-0.2, -0.15) is 9.40 Å². The molecule has 10 heteroatoms. The van der Waals surface area contributed by atoms with E-state index in [1.54, 1.807) is 36.1 Å². The average molecular weight is 431 g/mol. The summed E-state index contributed by atoms with van der Waals surface area (Å²) in [5.74, 6) is 2.22. The molecule has 0 unspecified atom stereocenters. The van der Waals surface area contributed by atoms with Crippen LogP contribution in [-0.2, 0) is 23.5 Å². The summed E-state index contributed by atoms with van der Waals surface area (Å²) < 4.78 is 34.5. The molecule has 30 heavy (non-hydrogen) atoms. The number of fused-ring (bicyclic) bond motifs is 1. The Labute approximate surface area is 176 Å². The van der Waals surface area contributed by atoms with Gasteiger partial charge in [0.1, 0.15) is 22.6 Å². The van der Waals surface area contributed by atoms with E-state index in [0.29, 0.717) is 31.9 Å². The molecular formula is C20H26N6O3S. The van der Waals surface area contributed by atoms with E-state index in [-0.39, 0.29) is 4.90 Å². The first-order valence-corrected chi connectivity index (χ1v) is 11.4. The number of nitrogens with zero attached hydrogens (tertiary/aromatic N) is 6. The molecule has 4 rings (SSSR count). The lowest BCUT2D eigenvalue weighted by atomic mass is 10.3. The molecule has 3 heterocycles. The van der Waals surface area contributed by atoms with Crippen molar-refractivity contribution in [3.05, 3.63) is 35.8 Å². The van der Waals surface area contributed by atoms with E-state index in [2.05, 4.69) is 15.0 Å². The van der Waals surface area contributed by atoms with Crippen LogP contribution in [-0.4, -0.2) is 65.8 Å². The minimum atomic E-state index is -3.55. The fourth-order valence-electron chi connectivity index (χ4n) is 3.78. The molecule has 1 fully saturated rings. The molecule has 0 spiro atoms. The smallest absolute Gasteiger partial charge is 0.243 e. The van der Waals surface area contributed by atoms with Crippen molar-refractivity contribution >= 4 is 26.9 Å². The van der Waals surface area contributed by atoms with Crippen LogP contribution in [0, 0.1) is 6.92 Å². The Morgan fingerprint density at radius 2 is 1.73 bits per heavy atom. The van der Waals surface area contributed by atoms with Gasteiger partial charge in [-0.1, -0.05) is 6.92 Å². The number of methoxy groups -OCH3 is 1. The molecule has 0 aliphatic carbocycles. The molecule has 9 nitrogen and oxygen atoms in total. The summed E-state index contributed by atoms with van der Waals surface area (Å²) in [7, 11) is -0.108. The van der Waals surface area contributed by atoms with Gasteiger partial charge >= 0.3 is 0 Å². The van der Waals surface area contributed by atoms with Gasteiger partial charge in [-0.25, -0.2) is 18.4 Å². The molecule has 1 saturated heterocycles. The van der Waals surface area contributed by atoms with Crippen molar-refractivity contribution in [3.8, 4) is 5.75 Å². The second-order valence-electron chi connectivity index (χ2n) is 7.29. The van der Waals surface area contributed by atoms with E-state index < -0.39 is 10.0 Å². The average Bonchev–Trinajstić information content (AvgIpc) is 3.06. The van der Waals surface area contributed by atoms with Gasteiger partial charge in [-0.15, -0.1) is 0 Å². The zero-order chi connectivity index (χ0) is 21.5. The van der Waals surface area contributed by atoms with Gasteiger partial charge in [-0.3, -0.25) is 4.68 Å². The van der Waals surface area contributed by atoms with Crippen molar-refractivity contribution in [2.24, 2.45) is 7.05 Å². The molecule has 160 valence electrons. The van der Waals surface area contributed by atoms with Crippen molar-refractivity contribution in [1.82, 2.24) is 24.1 Å². The van der Waals surface area contributed by atoms with E-state index in [1.807, 2.05) is 20.9 Å². The van der Waals surface area contributed by atoms with E-state index in [0.717, 1.165) is 34.8 Å². The van der Waals surface area contributed by atoms with Crippen LogP contribution < -0.4 is 9.64 Å². The van der Waals surface area contributed by atoms with Crippen LogP contribution in [0.25, 0.3) is 11.0 Å². The lowest BCUT2D eigenvalue weighted by Gasteiger charge is -2.35. The molecule has 2 aromatic heterocycles. The van der Waals surface area contributed by atoms with Crippen molar-refractivity contribution < 1.29 is 13.2 Å². The summed E-state index contributed by atoms with van der Waals surface area (Å²) in [6.07, 6.45) is 0.725. The zero-order valence-corrected chi connectivity index (χ0v) is 18.5. The fourth-order valence-corrected chi connectivity index (χ4v) is 5.20. The van der Waals surface area contributed by atoms with Crippen LogP contribution >= 0.6 is 0 Å². The predicted molar refractivity (Wildman–Crippen MR) is 114 cm³/mol. The summed E-state index contributed by atoms with van der Waals surface area (Å²) in [6.45, 7) is 5.84. The lowest BCUT2D eigenvalue weighted by molar-refractivity contribution is 0.383. The Kier molecular flexibility index (Phi) is 5.37. The Bertz CT molecular complexity index is 1170. The summed E-state index contributed by atoms with van der Waals surface area (Å²) in [4.78, 5) is 11.8. The highest BCUT2D eigenvalue weighted by Gasteiger charge is 2.30. The minimum absolute atomic E-state index is 0.275. The van der Waals surface area contributed by atoms with Crippen molar-refractivity contribution in [1.29, 1.82) is 0 Å². The predicted octanol–water partition coefficient (Wildman–Crippen LogP) is 1.75. The molecule has 0 radical (unpaired) electrons. The third-order valence-corrected chi connectivity index (χ3v) is 7.34. The lowest BCUT2D eigenvalue weighted by Crippen LogP contribution is -2.49. The second-order valence-corrected chi connectivity index (χ2v) is 9.23. The number of aromatic nitrogens is 4. The van der Waals surface area contributed by atoms with Crippen LogP contribution in [0.2, 0.25) is 0 Å². The molecule has 1 aliphatic heterocycles. The first-order chi connectivity index (χ1) is 14.3. The highest BCUT2D eigenvalue weighted by molar-refractivity contribution is 7.89. The summed E-state index contributed by atoms with van der Waals surface area (Å²) in [5, 5.41) is 4.50. The number of hydrogen-bond donors (Lipinski definition) is 0. The number of anilines is 1. The first-order valence-electron chi connectivity index (χ1n) is 9.94. The van der Waals surface area contributed by atoms with Gasteiger partial charge in [0, 0.05) is 39.6 Å². The summed E-state index contributed by atoms with van der Waals surface area (Å²) >= 11 is 0. The van der Waals surface area contributed by atoms with Crippen molar-refractivity contribution in [2.45, 2.75) is 25.2 Å². The minimum Gasteiger partial charge on any atom is -0.497 e. The number of benzene rings is 1. The quantitative estimate of drug-likeness (QED) is 0.609. The van der Waals surface area contributed by atoms with Gasteiger partial charge in [0.15, 0.2) is 5.82 Å². The largest absolute Gasteiger partial charge is 0.497 e. The Balaban J connectivity index is 1.59. The Morgan fingerprint density at radius 1 is 1.07 bits per heavy atom. The van der Waals surface area contributed by atoms with E-state index in [9.17, 15) is 8.42 Å².